The summed E-state index contributed by atoms with van der Waals surface area (Å²) in [5.41, 5.74) is 1.64. The summed E-state index contributed by atoms with van der Waals surface area (Å²) in [5, 5.41) is 3.32. The van der Waals surface area contributed by atoms with Gasteiger partial charge in [0.15, 0.2) is 0 Å². The van der Waals surface area contributed by atoms with E-state index in [1.165, 1.54) is 56.0 Å². The van der Waals surface area contributed by atoms with Crippen LogP contribution in [0.3, 0.4) is 0 Å². The summed E-state index contributed by atoms with van der Waals surface area (Å²) in [6.45, 7) is 6.70. The first-order valence-electron chi connectivity index (χ1n) is 9.07. The summed E-state index contributed by atoms with van der Waals surface area (Å²) in [6, 6.07) is 4.13. The monoisotopic (exact) mass is 358 g/mol. The molecule has 4 heterocycles. The zero-order valence-corrected chi connectivity index (χ0v) is 15.7. The lowest BCUT2D eigenvalue weighted by Gasteiger charge is -2.40. The van der Waals surface area contributed by atoms with Crippen LogP contribution in [0.2, 0.25) is 0 Å². The minimum atomic E-state index is 0.449. The van der Waals surface area contributed by atoms with Crippen LogP contribution in [0.5, 0.6) is 5.88 Å². The van der Waals surface area contributed by atoms with Gasteiger partial charge < -0.3 is 4.74 Å². The maximum atomic E-state index is 5.42. The number of piperidine rings is 1. The summed E-state index contributed by atoms with van der Waals surface area (Å²) in [4.78, 5) is 14.0. The second-order valence-corrected chi connectivity index (χ2v) is 8.35. The summed E-state index contributed by atoms with van der Waals surface area (Å²) < 4.78 is 5.42. The Morgan fingerprint density at radius 2 is 2.00 bits per heavy atom. The molecule has 0 unspecified atom stereocenters. The molecule has 0 radical (unpaired) electrons. The molecule has 1 atom stereocenters. The lowest BCUT2D eigenvalue weighted by molar-refractivity contribution is 0.0864. The van der Waals surface area contributed by atoms with E-state index in [1.807, 2.05) is 12.3 Å². The lowest BCUT2D eigenvalue weighted by atomic mass is 9.79. The Morgan fingerprint density at radius 1 is 1.12 bits per heavy atom. The highest BCUT2D eigenvalue weighted by Gasteiger charge is 2.41. The van der Waals surface area contributed by atoms with Crippen LogP contribution in [-0.2, 0) is 13.1 Å². The van der Waals surface area contributed by atoms with Crippen molar-refractivity contribution in [2.24, 2.45) is 5.41 Å². The van der Waals surface area contributed by atoms with Crippen LogP contribution in [-0.4, -0.2) is 53.1 Å². The number of nitrogens with zero attached hydrogens (tertiary/aromatic N) is 4. The number of aromatic nitrogens is 2. The van der Waals surface area contributed by atoms with E-state index in [0.29, 0.717) is 5.41 Å². The van der Waals surface area contributed by atoms with Crippen molar-refractivity contribution in [3.05, 3.63) is 40.5 Å². The number of methoxy groups -OCH3 is 1. The van der Waals surface area contributed by atoms with Gasteiger partial charge in [0.1, 0.15) is 5.01 Å². The molecule has 1 spiro atoms. The second-order valence-electron chi connectivity index (χ2n) is 7.37. The second kappa shape index (κ2) is 7.40. The maximum absolute atomic E-state index is 5.42. The molecular formula is C19H26N4OS. The van der Waals surface area contributed by atoms with E-state index < -0.39 is 0 Å². The molecule has 0 saturated carbocycles. The third-order valence-corrected chi connectivity index (χ3v) is 6.30. The molecule has 2 saturated heterocycles. The average molecular weight is 359 g/mol. The number of rotatable bonds is 5. The Labute approximate surface area is 153 Å². The summed E-state index contributed by atoms with van der Waals surface area (Å²) in [5.74, 6) is 0.762. The molecule has 2 aliphatic rings. The predicted molar refractivity (Wildman–Crippen MR) is 99.7 cm³/mol. The zero-order valence-electron chi connectivity index (χ0n) is 14.9. The largest absolute Gasteiger partial charge is 0.481 e. The highest BCUT2D eigenvalue weighted by Crippen LogP contribution is 2.40. The van der Waals surface area contributed by atoms with E-state index in [2.05, 4.69) is 31.2 Å². The molecular weight excluding hydrogens is 332 g/mol. The molecule has 0 aromatic carbocycles. The van der Waals surface area contributed by atoms with Gasteiger partial charge in [-0.25, -0.2) is 9.97 Å². The van der Waals surface area contributed by atoms with Gasteiger partial charge in [0.05, 0.1) is 13.7 Å². The van der Waals surface area contributed by atoms with E-state index in [0.717, 1.165) is 19.0 Å². The van der Waals surface area contributed by atoms with Gasteiger partial charge in [-0.05, 0) is 43.8 Å². The normalized spacial score (nSPS) is 24.8. The molecule has 0 bridgehead atoms. The number of thiazole rings is 1. The first kappa shape index (κ1) is 16.9. The van der Waals surface area contributed by atoms with Crippen LogP contribution in [0.25, 0.3) is 0 Å². The van der Waals surface area contributed by atoms with Crippen LogP contribution in [0.1, 0.15) is 29.8 Å². The molecule has 2 aliphatic heterocycles. The molecule has 0 N–H and O–H groups in total. The molecule has 0 amide bonds. The van der Waals surface area contributed by atoms with Crippen LogP contribution < -0.4 is 4.74 Å². The molecule has 2 aromatic heterocycles. The Morgan fingerprint density at radius 3 is 2.80 bits per heavy atom. The molecule has 2 fully saturated rings. The van der Waals surface area contributed by atoms with Gasteiger partial charge in [-0.3, -0.25) is 9.80 Å². The van der Waals surface area contributed by atoms with Gasteiger partial charge in [-0.15, -0.1) is 11.3 Å². The van der Waals surface area contributed by atoms with Crippen molar-refractivity contribution < 1.29 is 4.74 Å². The SMILES string of the molecule is COc1ncccc1CN1CC[C@@]2(CCCN(Cc3nccs3)C2)C1. The smallest absolute Gasteiger partial charge is 0.217 e. The number of likely N-dealkylation sites (tertiary alicyclic amines) is 2. The van der Waals surface area contributed by atoms with Crippen molar-refractivity contribution in [3.8, 4) is 5.88 Å². The van der Waals surface area contributed by atoms with Crippen LogP contribution in [0.4, 0.5) is 0 Å². The van der Waals surface area contributed by atoms with Crippen LogP contribution in [0, 0.1) is 5.41 Å². The first-order valence-corrected chi connectivity index (χ1v) is 9.95. The Hall–Kier alpha value is -1.50. The first-order chi connectivity index (χ1) is 12.3. The third-order valence-electron chi connectivity index (χ3n) is 5.54. The molecule has 25 heavy (non-hydrogen) atoms. The third kappa shape index (κ3) is 3.86. The number of pyridine rings is 1. The quantitative estimate of drug-likeness (QED) is 0.822. The molecule has 0 aliphatic carbocycles. The minimum Gasteiger partial charge on any atom is -0.481 e. The van der Waals surface area contributed by atoms with Gasteiger partial charge in [-0.1, -0.05) is 6.07 Å². The summed E-state index contributed by atoms with van der Waals surface area (Å²) in [6.07, 6.45) is 7.66. The average Bonchev–Trinajstić information content (AvgIpc) is 3.26. The topological polar surface area (TPSA) is 41.5 Å². The van der Waals surface area contributed by atoms with Crippen molar-refractivity contribution in [2.75, 3.05) is 33.3 Å². The van der Waals surface area contributed by atoms with Gasteiger partial charge in [0.2, 0.25) is 5.88 Å². The van der Waals surface area contributed by atoms with E-state index >= 15 is 0 Å². The Bertz CT molecular complexity index is 692. The highest BCUT2D eigenvalue weighted by atomic mass is 32.1. The van der Waals surface area contributed by atoms with Gasteiger partial charge >= 0.3 is 0 Å². The van der Waals surface area contributed by atoms with Gasteiger partial charge in [0, 0.05) is 43.0 Å². The van der Waals surface area contributed by atoms with Crippen LogP contribution in [0.15, 0.2) is 29.9 Å². The van der Waals surface area contributed by atoms with E-state index in [4.69, 9.17) is 4.74 Å². The fraction of sp³-hybridized carbons (Fsp3) is 0.579. The van der Waals surface area contributed by atoms with Crippen LogP contribution >= 0.6 is 11.3 Å². The lowest BCUT2D eigenvalue weighted by Crippen LogP contribution is -2.44. The minimum absolute atomic E-state index is 0.449. The molecule has 134 valence electrons. The van der Waals surface area contributed by atoms with Crippen molar-refractivity contribution in [1.29, 1.82) is 0 Å². The Balaban J connectivity index is 1.38. The molecule has 6 heteroatoms. The highest BCUT2D eigenvalue weighted by molar-refractivity contribution is 7.09. The summed E-state index contributed by atoms with van der Waals surface area (Å²) >= 11 is 1.77. The van der Waals surface area contributed by atoms with Crippen molar-refractivity contribution in [2.45, 2.75) is 32.4 Å². The van der Waals surface area contributed by atoms with Crippen molar-refractivity contribution >= 4 is 11.3 Å². The van der Waals surface area contributed by atoms with E-state index in [9.17, 15) is 0 Å². The number of ether oxygens (including phenoxy) is 1. The molecule has 5 nitrogen and oxygen atoms in total. The van der Waals surface area contributed by atoms with Crippen molar-refractivity contribution in [3.63, 3.8) is 0 Å². The van der Waals surface area contributed by atoms with E-state index in [-0.39, 0.29) is 0 Å². The Kier molecular flexibility index (Phi) is 5.01. The number of hydrogen-bond donors (Lipinski definition) is 0. The van der Waals surface area contributed by atoms with Crippen molar-refractivity contribution in [1.82, 2.24) is 19.8 Å². The molecule has 2 aromatic rings. The number of hydrogen-bond acceptors (Lipinski definition) is 6. The zero-order chi connectivity index (χ0) is 17.1. The molecule has 4 rings (SSSR count). The fourth-order valence-corrected chi connectivity index (χ4v) is 5.09. The summed E-state index contributed by atoms with van der Waals surface area (Å²) in [7, 11) is 1.70. The fourth-order valence-electron chi connectivity index (χ4n) is 4.43. The van der Waals surface area contributed by atoms with E-state index in [1.54, 1.807) is 24.6 Å². The predicted octanol–water partition coefficient (Wildman–Crippen LogP) is 3.03. The standard InChI is InChI=1S/C19H26N4OS/c1-24-18-16(4-2-7-21-18)12-23-10-6-19(15-23)5-3-9-22(14-19)13-17-20-8-11-25-17/h2,4,7-8,11H,3,5-6,9-10,12-15H2,1H3/t19-/m1/s1. The maximum Gasteiger partial charge on any atom is 0.217 e. The van der Waals surface area contributed by atoms with Gasteiger partial charge in [-0.2, -0.15) is 0 Å². The van der Waals surface area contributed by atoms with Gasteiger partial charge in [0.25, 0.3) is 0 Å².